The molecule has 0 bridgehead atoms. The maximum atomic E-state index is 13.6. The minimum atomic E-state index is -0.457. The normalized spacial score (nSPS) is 13.3. The van der Waals surface area contributed by atoms with E-state index in [-0.39, 0.29) is 17.2 Å². The maximum Gasteiger partial charge on any atom is 0.282 e. The molecule has 0 atom stereocenters. The van der Waals surface area contributed by atoms with Gasteiger partial charge < -0.3 is 15.4 Å². The van der Waals surface area contributed by atoms with Crippen LogP contribution in [0, 0.1) is 0 Å². The van der Waals surface area contributed by atoms with Crippen LogP contribution in [0.1, 0.15) is 25.0 Å². The Morgan fingerprint density at radius 3 is 2.21 bits per heavy atom. The number of amides is 3. The molecule has 0 fully saturated rings. The summed E-state index contributed by atoms with van der Waals surface area (Å²) in [6, 6.07) is 21.4. The first-order valence-electron chi connectivity index (χ1n) is 10.9. The summed E-state index contributed by atoms with van der Waals surface area (Å²) in [5.41, 5.74) is 3.72. The van der Waals surface area contributed by atoms with Crippen LogP contribution in [-0.2, 0) is 20.8 Å². The molecule has 4 rings (SSSR count). The summed E-state index contributed by atoms with van der Waals surface area (Å²) in [6.07, 6.45) is 0.854. The molecule has 0 aliphatic carbocycles. The number of para-hydroxylation sites is 2. The van der Waals surface area contributed by atoms with Crippen LogP contribution in [0.3, 0.4) is 0 Å². The van der Waals surface area contributed by atoms with Crippen molar-refractivity contribution in [2.24, 2.45) is 0 Å². The van der Waals surface area contributed by atoms with Gasteiger partial charge in [0.1, 0.15) is 11.4 Å². The van der Waals surface area contributed by atoms with Crippen LogP contribution in [0.5, 0.6) is 5.75 Å². The summed E-state index contributed by atoms with van der Waals surface area (Å²) >= 11 is 0. The third kappa shape index (κ3) is 4.41. The average Bonchev–Trinajstić information content (AvgIpc) is 3.09. The molecular weight excluding hydrogens is 430 g/mol. The number of hydrogen-bond acceptors (Lipinski definition) is 5. The summed E-state index contributed by atoms with van der Waals surface area (Å²) in [6.45, 7) is 3.47. The largest absolute Gasteiger partial charge is 0.495 e. The molecule has 3 aromatic carbocycles. The molecule has 0 saturated heterocycles. The van der Waals surface area contributed by atoms with E-state index in [1.807, 2.05) is 31.2 Å². The molecule has 34 heavy (non-hydrogen) atoms. The molecular formula is C27H25N3O4. The van der Waals surface area contributed by atoms with E-state index in [1.165, 1.54) is 11.8 Å². The summed E-state index contributed by atoms with van der Waals surface area (Å²) in [5, 5.41) is 5.84. The number of hydrogen-bond donors (Lipinski definition) is 2. The number of carbonyl (C=O) groups is 3. The van der Waals surface area contributed by atoms with Gasteiger partial charge in [-0.2, -0.15) is 0 Å². The number of nitrogens with zero attached hydrogens (tertiary/aromatic N) is 1. The maximum absolute atomic E-state index is 13.6. The molecule has 1 heterocycles. The van der Waals surface area contributed by atoms with Crippen LogP contribution < -0.4 is 20.3 Å². The minimum absolute atomic E-state index is 0.154. The predicted molar refractivity (Wildman–Crippen MR) is 133 cm³/mol. The number of nitrogens with one attached hydrogen (secondary N) is 2. The molecule has 7 nitrogen and oxygen atoms in total. The van der Waals surface area contributed by atoms with E-state index < -0.39 is 11.8 Å². The first kappa shape index (κ1) is 22.8. The Morgan fingerprint density at radius 2 is 1.59 bits per heavy atom. The van der Waals surface area contributed by atoms with Crippen molar-refractivity contribution in [2.75, 3.05) is 22.6 Å². The number of benzene rings is 3. The van der Waals surface area contributed by atoms with Crippen LogP contribution >= 0.6 is 0 Å². The van der Waals surface area contributed by atoms with Crippen molar-refractivity contribution in [1.82, 2.24) is 0 Å². The third-order valence-electron chi connectivity index (χ3n) is 5.55. The average molecular weight is 456 g/mol. The topological polar surface area (TPSA) is 87.7 Å². The fourth-order valence-electron chi connectivity index (χ4n) is 3.83. The molecule has 172 valence electrons. The zero-order chi connectivity index (χ0) is 24.2. The lowest BCUT2D eigenvalue weighted by molar-refractivity contribution is -0.120. The molecule has 3 amide bonds. The van der Waals surface area contributed by atoms with E-state index in [9.17, 15) is 14.4 Å². The van der Waals surface area contributed by atoms with Gasteiger partial charge in [-0.1, -0.05) is 43.3 Å². The minimum Gasteiger partial charge on any atom is -0.495 e. The summed E-state index contributed by atoms with van der Waals surface area (Å²) in [4.78, 5) is 39.7. The van der Waals surface area contributed by atoms with E-state index in [4.69, 9.17) is 4.74 Å². The van der Waals surface area contributed by atoms with E-state index in [0.29, 0.717) is 28.4 Å². The van der Waals surface area contributed by atoms with Crippen LogP contribution in [-0.4, -0.2) is 24.8 Å². The molecule has 7 heteroatoms. The molecule has 2 N–H and O–H groups in total. The van der Waals surface area contributed by atoms with Crippen molar-refractivity contribution < 1.29 is 19.1 Å². The number of imide groups is 1. The van der Waals surface area contributed by atoms with Gasteiger partial charge in [-0.3, -0.25) is 14.4 Å². The van der Waals surface area contributed by atoms with Gasteiger partial charge in [0.15, 0.2) is 0 Å². The van der Waals surface area contributed by atoms with Gasteiger partial charge in [0.05, 0.1) is 24.1 Å². The Hall–Kier alpha value is -4.39. The molecule has 3 aromatic rings. The second-order valence-electron chi connectivity index (χ2n) is 7.80. The molecule has 0 unspecified atom stereocenters. The number of anilines is 3. The lowest BCUT2D eigenvalue weighted by Crippen LogP contribution is -2.32. The summed E-state index contributed by atoms with van der Waals surface area (Å²) in [5.74, 6) is -0.541. The van der Waals surface area contributed by atoms with E-state index in [0.717, 1.165) is 12.0 Å². The molecule has 0 saturated carbocycles. The molecule has 0 radical (unpaired) electrons. The van der Waals surface area contributed by atoms with Crippen LogP contribution in [0.15, 0.2) is 78.5 Å². The van der Waals surface area contributed by atoms with Gasteiger partial charge in [-0.25, -0.2) is 4.90 Å². The molecule has 1 aliphatic heterocycles. The third-order valence-corrected chi connectivity index (χ3v) is 5.55. The highest BCUT2D eigenvalue weighted by Crippen LogP contribution is 2.36. The first-order chi connectivity index (χ1) is 16.4. The van der Waals surface area contributed by atoms with Gasteiger partial charge in [0, 0.05) is 12.6 Å². The highest BCUT2D eigenvalue weighted by Gasteiger charge is 2.40. The highest BCUT2D eigenvalue weighted by atomic mass is 16.5. The number of aryl methyl sites for hydroxylation is 1. The Bertz CT molecular complexity index is 1280. The second-order valence-corrected chi connectivity index (χ2v) is 7.80. The van der Waals surface area contributed by atoms with Crippen molar-refractivity contribution in [3.63, 3.8) is 0 Å². The van der Waals surface area contributed by atoms with Crippen molar-refractivity contribution in [1.29, 1.82) is 0 Å². The SMILES string of the molecule is CCc1ccc(N2C(=O)C(Nc3ccccc3OC)=C(c3ccc(NC(C)=O)cc3)C2=O)cc1. The predicted octanol–water partition coefficient (Wildman–Crippen LogP) is 4.61. The smallest absolute Gasteiger partial charge is 0.282 e. The highest BCUT2D eigenvalue weighted by molar-refractivity contribution is 6.46. The number of carbonyl (C=O) groups excluding carboxylic acids is 3. The van der Waals surface area contributed by atoms with Crippen LogP contribution in [0.25, 0.3) is 5.57 Å². The van der Waals surface area contributed by atoms with Gasteiger partial charge in [-0.05, 0) is 53.9 Å². The fraction of sp³-hybridized carbons (Fsp3) is 0.148. The summed E-state index contributed by atoms with van der Waals surface area (Å²) in [7, 11) is 1.54. The monoisotopic (exact) mass is 455 g/mol. The van der Waals surface area contributed by atoms with E-state index in [1.54, 1.807) is 55.6 Å². The van der Waals surface area contributed by atoms with Crippen molar-refractivity contribution in [3.8, 4) is 5.75 Å². The van der Waals surface area contributed by atoms with E-state index >= 15 is 0 Å². The Morgan fingerprint density at radius 1 is 0.912 bits per heavy atom. The van der Waals surface area contributed by atoms with Gasteiger partial charge in [0.25, 0.3) is 11.8 Å². The van der Waals surface area contributed by atoms with Gasteiger partial charge in [-0.15, -0.1) is 0 Å². The number of ether oxygens (including phenoxy) is 1. The standard InChI is InChI=1S/C27H25N3O4/c1-4-18-9-15-21(16-10-18)30-26(32)24(19-11-13-20(14-12-19)28-17(2)31)25(27(30)33)29-22-7-5-6-8-23(22)34-3/h5-16,29H,4H2,1-3H3,(H,28,31). The van der Waals surface area contributed by atoms with Crippen LogP contribution in [0.2, 0.25) is 0 Å². The number of methoxy groups -OCH3 is 1. The second kappa shape index (κ2) is 9.62. The van der Waals surface area contributed by atoms with Gasteiger partial charge >= 0.3 is 0 Å². The molecule has 1 aliphatic rings. The quantitative estimate of drug-likeness (QED) is 0.508. The molecule has 0 spiro atoms. The lowest BCUT2D eigenvalue weighted by Gasteiger charge is -2.16. The molecule has 0 aromatic heterocycles. The zero-order valence-corrected chi connectivity index (χ0v) is 19.2. The first-order valence-corrected chi connectivity index (χ1v) is 10.9. The van der Waals surface area contributed by atoms with Crippen molar-refractivity contribution in [3.05, 3.63) is 89.6 Å². The van der Waals surface area contributed by atoms with E-state index in [2.05, 4.69) is 10.6 Å². The van der Waals surface area contributed by atoms with Crippen LogP contribution in [0.4, 0.5) is 17.1 Å². The Labute approximate surface area is 198 Å². The Kier molecular flexibility index (Phi) is 6.45. The zero-order valence-electron chi connectivity index (χ0n) is 19.2. The van der Waals surface area contributed by atoms with Crippen molar-refractivity contribution in [2.45, 2.75) is 20.3 Å². The summed E-state index contributed by atoms with van der Waals surface area (Å²) < 4.78 is 5.41. The van der Waals surface area contributed by atoms with Gasteiger partial charge in [0.2, 0.25) is 5.91 Å². The van der Waals surface area contributed by atoms with Crippen molar-refractivity contribution >= 4 is 40.4 Å². The fourth-order valence-corrected chi connectivity index (χ4v) is 3.83. The lowest BCUT2D eigenvalue weighted by atomic mass is 10.0. The number of rotatable bonds is 7. The Balaban J connectivity index is 1.79.